The van der Waals surface area contributed by atoms with Gasteiger partial charge < -0.3 is 20.1 Å². The predicted octanol–water partition coefficient (Wildman–Crippen LogP) is 3.35. The number of fused-ring (bicyclic) bond motifs is 1. The van der Waals surface area contributed by atoms with Gasteiger partial charge in [0, 0.05) is 38.0 Å². The Bertz CT molecular complexity index is 1110. The third kappa shape index (κ3) is 4.61. The average Bonchev–Trinajstić information content (AvgIpc) is 3.62. The number of hydrogen-bond acceptors (Lipinski definition) is 10. The number of hydrogen-bond donors (Lipinski definition) is 2. The molecule has 0 amide bonds. The minimum Gasteiger partial charge on any atom is -0.379 e. The topological polar surface area (TPSA) is 102 Å². The SMILES string of the molecule is Cc1nsc2nc(Nc3cnn(C4CCOC4)c3)nc(NC3CCC(N4CCOCC4)CC3)c12. The van der Waals surface area contributed by atoms with E-state index in [1.807, 2.05) is 24.0 Å². The van der Waals surface area contributed by atoms with Crippen LogP contribution in [0.3, 0.4) is 0 Å². The molecule has 3 fully saturated rings. The van der Waals surface area contributed by atoms with Gasteiger partial charge in [0.15, 0.2) is 4.83 Å². The number of rotatable bonds is 6. The second-order valence-electron chi connectivity index (χ2n) is 9.49. The summed E-state index contributed by atoms with van der Waals surface area (Å²) < 4.78 is 17.5. The number of aryl methyl sites for hydroxylation is 1. The Kier molecular flexibility index (Phi) is 6.33. The zero-order valence-corrected chi connectivity index (χ0v) is 20.4. The maximum Gasteiger partial charge on any atom is 0.230 e. The molecule has 1 unspecified atom stereocenters. The van der Waals surface area contributed by atoms with Crippen molar-refractivity contribution in [2.45, 2.75) is 57.2 Å². The fourth-order valence-electron chi connectivity index (χ4n) is 5.33. The van der Waals surface area contributed by atoms with Crippen LogP contribution >= 0.6 is 11.5 Å². The van der Waals surface area contributed by atoms with Crippen LogP contribution in [0, 0.1) is 6.92 Å². The fourth-order valence-corrected chi connectivity index (χ4v) is 6.11. The highest BCUT2D eigenvalue weighted by atomic mass is 32.1. The van der Waals surface area contributed by atoms with Crippen molar-refractivity contribution in [3.8, 4) is 0 Å². The van der Waals surface area contributed by atoms with Crippen LogP contribution in [0.15, 0.2) is 12.4 Å². The Morgan fingerprint density at radius 2 is 1.85 bits per heavy atom. The summed E-state index contributed by atoms with van der Waals surface area (Å²) in [5.74, 6) is 1.45. The third-order valence-corrected chi connectivity index (χ3v) is 8.08. The number of morpholine rings is 1. The van der Waals surface area contributed by atoms with Crippen molar-refractivity contribution < 1.29 is 9.47 Å². The van der Waals surface area contributed by atoms with E-state index < -0.39 is 0 Å². The zero-order valence-electron chi connectivity index (χ0n) is 19.6. The van der Waals surface area contributed by atoms with E-state index in [1.165, 1.54) is 24.4 Å². The molecule has 0 bridgehead atoms. The van der Waals surface area contributed by atoms with Crippen LogP contribution in [-0.2, 0) is 9.47 Å². The highest BCUT2D eigenvalue weighted by Gasteiger charge is 2.28. The van der Waals surface area contributed by atoms with Crippen LogP contribution in [0.5, 0.6) is 0 Å². The minimum absolute atomic E-state index is 0.299. The summed E-state index contributed by atoms with van der Waals surface area (Å²) in [4.78, 5) is 13.1. The van der Waals surface area contributed by atoms with Gasteiger partial charge in [0.25, 0.3) is 0 Å². The molecule has 2 saturated heterocycles. The normalized spacial score (nSPS) is 26.2. The quantitative estimate of drug-likeness (QED) is 0.545. The summed E-state index contributed by atoms with van der Waals surface area (Å²) in [5.41, 5.74) is 1.86. The zero-order chi connectivity index (χ0) is 22.9. The molecular weight excluding hydrogens is 452 g/mol. The van der Waals surface area contributed by atoms with Crippen molar-refractivity contribution in [1.82, 2.24) is 29.0 Å². The molecule has 0 radical (unpaired) electrons. The van der Waals surface area contributed by atoms with Gasteiger partial charge in [-0.05, 0) is 50.6 Å². The maximum atomic E-state index is 5.53. The molecule has 11 heteroatoms. The predicted molar refractivity (Wildman–Crippen MR) is 132 cm³/mol. The Morgan fingerprint density at radius 1 is 1.00 bits per heavy atom. The number of ether oxygens (including phenoxy) is 2. The smallest absolute Gasteiger partial charge is 0.230 e. The first-order valence-corrected chi connectivity index (χ1v) is 13.1. The third-order valence-electron chi connectivity index (χ3n) is 7.24. The van der Waals surface area contributed by atoms with E-state index in [0.29, 0.717) is 30.7 Å². The Morgan fingerprint density at radius 3 is 2.65 bits per heavy atom. The monoisotopic (exact) mass is 484 g/mol. The van der Waals surface area contributed by atoms with Crippen LogP contribution in [0.1, 0.15) is 43.8 Å². The van der Waals surface area contributed by atoms with Crippen LogP contribution in [0.25, 0.3) is 10.2 Å². The summed E-state index contributed by atoms with van der Waals surface area (Å²) in [5, 5.41) is 12.6. The molecule has 1 atom stereocenters. The van der Waals surface area contributed by atoms with Crippen molar-refractivity contribution in [3.63, 3.8) is 0 Å². The lowest BCUT2D eigenvalue weighted by atomic mass is 9.90. The molecular formula is C23H32N8O2S. The van der Waals surface area contributed by atoms with E-state index in [-0.39, 0.29) is 0 Å². The summed E-state index contributed by atoms with van der Waals surface area (Å²) in [7, 11) is 0. The largest absolute Gasteiger partial charge is 0.379 e. The van der Waals surface area contributed by atoms with Gasteiger partial charge in [-0.3, -0.25) is 9.58 Å². The van der Waals surface area contributed by atoms with Crippen molar-refractivity contribution in [3.05, 3.63) is 18.1 Å². The molecule has 0 aromatic carbocycles. The average molecular weight is 485 g/mol. The molecule has 3 aromatic rings. The summed E-state index contributed by atoms with van der Waals surface area (Å²) >= 11 is 1.42. The van der Waals surface area contributed by atoms with E-state index in [1.54, 1.807) is 0 Å². The van der Waals surface area contributed by atoms with Gasteiger partial charge in [-0.15, -0.1) is 0 Å². The van der Waals surface area contributed by atoms with Crippen molar-refractivity contribution in [2.24, 2.45) is 0 Å². The van der Waals surface area contributed by atoms with E-state index in [0.717, 1.165) is 79.6 Å². The second kappa shape index (κ2) is 9.73. The van der Waals surface area contributed by atoms with Crippen LogP contribution in [0.2, 0.25) is 0 Å². The van der Waals surface area contributed by atoms with Crippen molar-refractivity contribution >= 4 is 39.2 Å². The van der Waals surface area contributed by atoms with E-state index in [9.17, 15) is 0 Å². The highest BCUT2D eigenvalue weighted by molar-refractivity contribution is 7.13. The summed E-state index contributed by atoms with van der Waals surface area (Å²) in [6.07, 6.45) is 9.52. The number of aromatic nitrogens is 5. The molecule has 5 heterocycles. The van der Waals surface area contributed by atoms with Crippen LogP contribution in [0.4, 0.5) is 17.5 Å². The molecule has 182 valence electrons. The fraction of sp³-hybridized carbons (Fsp3) is 0.652. The van der Waals surface area contributed by atoms with Crippen molar-refractivity contribution in [1.29, 1.82) is 0 Å². The van der Waals surface area contributed by atoms with Gasteiger partial charge in [-0.2, -0.15) is 19.4 Å². The van der Waals surface area contributed by atoms with Gasteiger partial charge in [0.2, 0.25) is 5.95 Å². The Labute approximate surface area is 203 Å². The van der Waals surface area contributed by atoms with Gasteiger partial charge in [-0.1, -0.05) is 0 Å². The molecule has 6 rings (SSSR count). The van der Waals surface area contributed by atoms with E-state index in [2.05, 4.69) is 25.0 Å². The van der Waals surface area contributed by atoms with Crippen LogP contribution < -0.4 is 10.6 Å². The lowest BCUT2D eigenvalue weighted by Crippen LogP contribution is -2.46. The van der Waals surface area contributed by atoms with Gasteiger partial charge >= 0.3 is 0 Å². The molecule has 1 aliphatic carbocycles. The van der Waals surface area contributed by atoms with E-state index in [4.69, 9.17) is 19.4 Å². The summed E-state index contributed by atoms with van der Waals surface area (Å²) in [6, 6.07) is 1.39. The molecule has 0 spiro atoms. The standard InChI is InChI=1S/C23H32N8O2S/c1-15-20-21(25-16-2-4-18(5-3-16)30-7-10-32-11-8-30)27-23(28-22(20)34-29-15)26-17-12-24-31(13-17)19-6-9-33-14-19/h12-13,16,18-19H,2-11,14H2,1H3,(H2,25,26,27,28). The lowest BCUT2D eigenvalue weighted by Gasteiger charge is -2.39. The number of nitrogens with one attached hydrogen (secondary N) is 2. The lowest BCUT2D eigenvalue weighted by molar-refractivity contribution is 0.00791. The van der Waals surface area contributed by atoms with Crippen molar-refractivity contribution in [2.75, 3.05) is 50.2 Å². The van der Waals surface area contributed by atoms with E-state index >= 15 is 0 Å². The Hall–Kier alpha value is -2.34. The minimum atomic E-state index is 0.299. The first-order chi connectivity index (χ1) is 16.7. The highest BCUT2D eigenvalue weighted by Crippen LogP contribution is 2.32. The van der Waals surface area contributed by atoms with Gasteiger partial charge in [-0.25, -0.2) is 0 Å². The molecule has 34 heavy (non-hydrogen) atoms. The first kappa shape index (κ1) is 22.1. The molecule has 2 N–H and O–H groups in total. The molecule has 3 aromatic heterocycles. The van der Waals surface area contributed by atoms with Gasteiger partial charge in [0.1, 0.15) is 5.82 Å². The Balaban J connectivity index is 1.16. The molecule has 3 aliphatic rings. The second-order valence-corrected chi connectivity index (χ2v) is 10.2. The van der Waals surface area contributed by atoms with Gasteiger partial charge in [0.05, 0.1) is 48.8 Å². The number of nitrogens with zero attached hydrogens (tertiary/aromatic N) is 6. The first-order valence-electron chi connectivity index (χ1n) is 12.3. The molecule has 2 aliphatic heterocycles. The van der Waals surface area contributed by atoms with Crippen LogP contribution in [-0.4, -0.2) is 80.6 Å². The molecule has 1 saturated carbocycles. The summed E-state index contributed by atoms with van der Waals surface area (Å²) in [6.45, 7) is 7.40. The molecule has 10 nitrogen and oxygen atoms in total. The number of anilines is 3. The maximum absolute atomic E-state index is 5.53.